The van der Waals surface area contributed by atoms with Crippen LogP contribution < -0.4 is 4.74 Å². The Bertz CT molecular complexity index is 956. The van der Waals surface area contributed by atoms with E-state index < -0.39 is 0 Å². The zero-order chi connectivity index (χ0) is 18.1. The monoisotopic (exact) mass is 344 g/mol. The van der Waals surface area contributed by atoms with Crippen LogP contribution in [0.5, 0.6) is 11.5 Å². The van der Waals surface area contributed by atoms with Gasteiger partial charge in [0.2, 0.25) is 0 Å². The minimum Gasteiger partial charge on any atom is -0.508 e. The molecule has 26 heavy (non-hydrogen) atoms. The molecule has 4 rings (SSSR count). The third kappa shape index (κ3) is 3.08. The van der Waals surface area contributed by atoms with Crippen LogP contribution in [0.15, 0.2) is 54.6 Å². The van der Waals surface area contributed by atoms with Gasteiger partial charge >= 0.3 is 0 Å². The first-order valence-corrected chi connectivity index (χ1v) is 9.25. The summed E-state index contributed by atoms with van der Waals surface area (Å²) in [5, 5.41) is 9.97. The summed E-state index contributed by atoms with van der Waals surface area (Å²) >= 11 is 0. The van der Waals surface area contributed by atoms with Gasteiger partial charge in [-0.05, 0) is 78.1 Å². The standard InChI is InChI=1S/C24H24O2/c1-16-7-3-4-10-21(16)22-11-6-9-19(17(22)2)15-26-24-14-20(25)13-18-8-5-12-23(18)24/h3-4,6-7,9-11,13-14,25H,5,8,12,15H2,1-2H3. The molecule has 0 unspecified atom stereocenters. The van der Waals surface area contributed by atoms with Gasteiger partial charge in [-0.25, -0.2) is 0 Å². The van der Waals surface area contributed by atoms with Crippen LogP contribution in [0, 0.1) is 13.8 Å². The molecule has 0 saturated heterocycles. The maximum atomic E-state index is 9.97. The number of rotatable bonds is 4. The van der Waals surface area contributed by atoms with Crippen molar-refractivity contribution in [3.8, 4) is 22.6 Å². The number of benzene rings is 3. The molecular weight excluding hydrogens is 320 g/mol. The summed E-state index contributed by atoms with van der Waals surface area (Å²) in [7, 11) is 0. The normalized spacial score (nSPS) is 12.8. The van der Waals surface area contributed by atoms with Crippen LogP contribution in [0.1, 0.15) is 34.2 Å². The molecule has 0 aromatic heterocycles. The average molecular weight is 344 g/mol. The van der Waals surface area contributed by atoms with Gasteiger partial charge in [-0.15, -0.1) is 0 Å². The Hall–Kier alpha value is -2.74. The van der Waals surface area contributed by atoms with E-state index >= 15 is 0 Å². The molecule has 0 saturated carbocycles. The van der Waals surface area contributed by atoms with Crippen LogP contribution >= 0.6 is 0 Å². The van der Waals surface area contributed by atoms with Gasteiger partial charge in [-0.2, -0.15) is 0 Å². The van der Waals surface area contributed by atoms with E-state index in [9.17, 15) is 5.11 Å². The predicted molar refractivity (Wildman–Crippen MR) is 106 cm³/mol. The zero-order valence-corrected chi connectivity index (χ0v) is 15.4. The molecule has 1 aliphatic carbocycles. The van der Waals surface area contributed by atoms with Crippen molar-refractivity contribution in [3.05, 3.63) is 82.4 Å². The maximum Gasteiger partial charge on any atom is 0.126 e. The van der Waals surface area contributed by atoms with Crippen LogP contribution in [0.25, 0.3) is 11.1 Å². The smallest absolute Gasteiger partial charge is 0.126 e. The largest absolute Gasteiger partial charge is 0.508 e. The fraction of sp³-hybridized carbons (Fsp3) is 0.250. The lowest BCUT2D eigenvalue weighted by atomic mass is 9.94. The highest BCUT2D eigenvalue weighted by Gasteiger charge is 2.18. The molecule has 132 valence electrons. The number of hydrogen-bond donors (Lipinski definition) is 1. The van der Waals surface area contributed by atoms with E-state index in [0.717, 1.165) is 25.0 Å². The third-order valence-corrected chi connectivity index (χ3v) is 5.42. The maximum absolute atomic E-state index is 9.97. The number of aromatic hydroxyl groups is 1. The zero-order valence-electron chi connectivity index (χ0n) is 15.4. The van der Waals surface area contributed by atoms with Crippen molar-refractivity contribution in [1.82, 2.24) is 0 Å². The number of ether oxygens (including phenoxy) is 1. The van der Waals surface area contributed by atoms with Gasteiger partial charge < -0.3 is 9.84 Å². The summed E-state index contributed by atoms with van der Waals surface area (Å²) in [5.74, 6) is 1.13. The molecule has 2 nitrogen and oxygen atoms in total. The molecule has 1 aliphatic rings. The van der Waals surface area contributed by atoms with Crippen molar-refractivity contribution in [3.63, 3.8) is 0 Å². The van der Waals surface area contributed by atoms with Crippen LogP contribution in [0.4, 0.5) is 0 Å². The van der Waals surface area contributed by atoms with E-state index in [1.807, 2.05) is 6.07 Å². The molecule has 0 heterocycles. The Labute approximate surface area is 155 Å². The minimum absolute atomic E-state index is 0.297. The topological polar surface area (TPSA) is 29.5 Å². The first-order chi connectivity index (χ1) is 12.6. The minimum atomic E-state index is 0.297. The van der Waals surface area contributed by atoms with Gasteiger partial charge in [0.15, 0.2) is 0 Å². The fourth-order valence-electron chi connectivity index (χ4n) is 3.94. The van der Waals surface area contributed by atoms with Crippen molar-refractivity contribution in [2.75, 3.05) is 0 Å². The van der Waals surface area contributed by atoms with E-state index in [1.54, 1.807) is 6.07 Å². The summed E-state index contributed by atoms with van der Waals surface area (Å²) in [6.07, 6.45) is 3.20. The highest BCUT2D eigenvalue weighted by atomic mass is 16.5. The predicted octanol–water partition coefficient (Wildman–Crippen LogP) is 5.74. The molecule has 0 amide bonds. The van der Waals surface area contributed by atoms with Crippen molar-refractivity contribution in [2.24, 2.45) is 0 Å². The molecule has 0 radical (unpaired) electrons. The van der Waals surface area contributed by atoms with Crippen molar-refractivity contribution < 1.29 is 9.84 Å². The van der Waals surface area contributed by atoms with Gasteiger partial charge in [-0.1, -0.05) is 42.5 Å². The van der Waals surface area contributed by atoms with Crippen molar-refractivity contribution in [1.29, 1.82) is 0 Å². The summed E-state index contributed by atoms with van der Waals surface area (Å²) in [6.45, 7) is 4.82. The average Bonchev–Trinajstić information content (AvgIpc) is 3.10. The third-order valence-electron chi connectivity index (χ3n) is 5.42. The molecular formula is C24H24O2. The second-order valence-corrected chi connectivity index (χ2v) is 7.13. The fourth-order valence-corrected chi connectivity index (χ4v) is 3.94. The van der Waals surface area contributed by atoms with E-state index in [0.29, 0.717) is 12.4 Å². The Morgan fingerprint density at radius 3 is 2.58 bits per heavy atom. The molecule has 0 aliphatic heterocycles. The summed E-state index contributed by atoms with van der Waals surface area (Å²) in [6, 6.07) is 18.5. The van der Waals surface area contributed by atoms with E-state index in [4.69, 9.17) is 4.74 Å². The summed E-state index contributed by atoms with van der Waals surface area (Å²) in [5.41, 5.74) is 8.72. The van der Waals surface area contributed by atoms with Gasteiger partial charge in [-0.3, -0.25) is 0 Å². The second-order valence-electron chi connectivity index (χ2n) is 7.13. The Balaban J connectivity index is 1.63. The van der Waals surface area contributed by atoms with E-state index in [-0.39, 0.29) is 0 Å². The Morgan fingerprint density at radius 1 is 0.923 bits per heavy atom. The molecule has 3 aromatic carbocycles. The number of aryl methyl sites for hydroxylation is 2. The first kappa shape index (κ1) is 16.7. The van der Waals surface area contributed by atoms with Crippen molar-refractivity contribution in [2.45, 2.75) is 39.7 Å². The number of phenols is 1. The van der Waals surface area contributed by atoms with Crippen LogP contribution in [0.2, 0.25) is 0 Å². The van der Waals surface area contributed by atoms with Crippen LogP contribution in [-0.4, -0.2) is 5.11 Å². The van der Waals surface area contributed by atoms with Crippen molar-refractivity contribution >= 4 is 0 Å². The summed E-state index contributed by atoms with van der Waals surface area (Å²) in [4.78, 5) is 0. The molecule has 0 atom stereocenters. The van der Waals surface area contributed by atoms with Gasteiger partial charge in [0.1, 0.15) is 18.1 Å². The lowest BCUT2D eigenvalue weighted by molar-refractivity contribution is 0.300. The lowest BCUT2D eigenvalue weighted by Gasteiger charge is -2.16. The number of hydrogen-bond acceptors (Lipinski definition) is 2. The molecule has 2 heteroatoms. The van der Waals surface area contributed by atoms with Crippen LogP contribution in [-0.2, 0) is 19.4 Å². The SMILES string of the molecule is Cc1ccccc1-c1cccc(COc2cc(O)cc3c2CCC3)c1C. The molecule has 0 fully saturated rings. The molecule has 1 N–H and O–H groups in total. The summed E-state index contributed by atoms with van der Waals surface area (Å²) < 4.78 is 6.16. The molecule has 0 bridgehead atoms. The van der Waals surface area contributed by atoms with Gasteiger partial charge in [0.25, 0.3) is 0 Å². The lowest BCUT2D eigenvalue weighted by Crippen LogP contribution is -2.01. The Kier molecular flexibility index (Phi) is 4.42. The van der Waals surface area contributed by atoms with Crippen LogP contribution in [0.3, 0.4) is 0 Å². The van der Waals surface area contributed by atoms with E-state index in [2.05, 4.69) is 56.3 Å². The van der Waals surface area contributed by atoms with Gasteiger partial charge in [0.05, 0.1) is 0 Å². The molecule has 0 spiro atoms. The second kappa shape index (κ2) is 6.87. The highest BCUT2D eigenvalue weighted by molar-refractivity contribution is 5.71. The van der Waals surface area contributed by atoms with E-state index in [1.165, 1.54) is 38.9 Å². The number of phenolic OH excluding ortho intramolecular Hbond substituents is 1. The quantitative estimate of drug-likeness (QED) is 0.653. The Morgan fingerprint density at radius 2 is 1.73 bits per heavy atom. The highest BCUT2D eigenvalue weighted by Crippen LogP contribution is 2.35. The molecule has 3 aromatic rings. The van der Waals surface area contributed by atoms with Gasteiger partial charge in [0, 0.05) is 6.07 Å². The number of fused-ring (bicyclic) bond motifs is 1. The first-order valence-electron chi connectivity index (χ1n) is 9.25.